The molecule has 2 heteroatoms. The van der Waals surface area contributed by atoms with Gasteiger partial charge in [-0.15, -0.1) is 0 Å². The van der Waals surface area contributed by atoms with Crippen molar-refractivity contribution in [3.63, 3.8) is 0 Å². The normalized spacial score (nSPS) is 12.2. The first kappa shape index (κ1) is 35.0. The van der Waals surface area contributed by atoms with Crippen molar-refractivity contribution in [3.8, 4) is 50.2 Å². The maximum atomic E-state index is 2.46. The molecule has 1 aliphatic heterocycles. The van der Waals surface area contributed by atoms with Gasteiger partial charge in [0.05, 0.1) is 11.0 Å². The molecule has 0 aliphatic carbocycles. The molecule has 11 aromatic rings. The first-order valence-electron chi connectivity index (χ1n) is 21.1. The highest BCUT2D eigenvalue weighted by Gasteiger charge is 2.25. The fraction of sp³-hybridized carbons (Fsp3) is 0.0169. The van der Waals surface area contributed by atoms with Crippen LogP contribution in [-0.2, 0) is 6.42 Å². The molecule has 10 aromatic carbocycles. The van der Waals surface area contributed by atoms with Crippen LogP contribution in [0.1, 0.15) is 11.1 Å². The number of fused-ring (bicyclic) bond motifs is 6. The Balaban J connectivity index is 0.952. The number of benzene rings is 10. The minimum Gasteiger partial charge on any atom is -0.310 e. The van der Waals surface area contributed by atoms with Crippen molar-refractivity contribution < 1.29 is 0 Å². The van der Waals surface area contributed by atoms with Crippen molar-refractivity contribution in [2.75, 3.05) is 4.90 Å². The lowest BCUT2D eigenvalue weighted by Gasteiger charge is -2.34. The molecule has 12 rings (SSSR count). The quantitative estimate of drug-likeness (QED) is 0.163. The van der Waals surface area contributed by atoms with Crippen LogP contribution in [0.25, 0.3) is 82.8 Å². The van der Waals surface area contributed by atoms with E-state index in [9.17, 15) is 0 Å². The molecule has 0 spiro atoms. The molecule has 1 aromatic heterocycles. The van der Waals surface area contributed by atoms with Gasteiger partial charge >= 0.3 is 0 Å². The standard InChI is InChI=1S/C59H40N2/c1-4-12-40(13-5-1)46-23-30-56-50(34-46)36-51-35-47(24-31-57(51)61(56)53-29-22-43-18-10-11-19-45(43)37-53)44-20-27-52(28-21-44)60-58-32-25-48(41-14-6-2-7-15-41)38-54(58)55-39-49(26-33-59(55)60)42-16-8-3-9-17-42/h1-35,37-39H,36H2. The molecule has 0 bridgehead atoms. The summed E-state index contributed by atoms with van der Waals surface area (Å²) in [7, 11) is 0. The van der Waals surface area contributed by atoms with E-state index >= 15 is 0 Å². The molecule has 0 amide bonds. The Kier molecular flexibility index (Phi) is 8.28. The minimum absolute atomic E-state index is 0.860. The molecule has 0 fully saturated rings. The molecule has 0 N–H and O–H groups in total. The Hall–Kier alpha value is -7.94. The van der Waals surface area contributed by atoms with Crippen LogP contribution in [0.5, 0.6) is 0 Å². The fourth-order valence-electron chi connectivity index (χ4n) is 9.53. The molecule has 0 saturated heterocycles. The molecule has 286 valence electrons. The number of hydrogen-bond acceptors (Lipinski definition) is 1. The second kappa shape index (κ2) is 14.4. The van der Waals surface area contributed by atoms with Crippen LogP contribution in [0.3, 0.4) is 0 Å². The predicted octanol–water partition coefficient (Wildman–Crippen LogP) is 16.0. The van der Waals surface area contributed by atoms with Crippen molar-refractivity contribution in [2.45, 2.75) is 6.42 Å². The third kappa shape index (κ3) is 6.12. The van der Waals surface area contributed by atoms with Crippen molar-refractivity contribution in [2.24, 2.45) is 0 Å². The maximum Gasteiger partial charge on any atom is 0.0541 e. The lowest BCUT2D eigenvalue weighted by atomic mass is 9.90. The second-order valence-corrected chi connectivity index (χ2v) is 16.2. The SMILES string of the molecule is c1ccc(-c2ccc3c(c2)Cc2cc(-c4ccc(-n5c6ccc(-c7ccccc7)cc6c6cc(-c7ccccc7)ccc65)cc4)ccc2N3c2ccc3ccccc3c2)cc1. The van der Waals surface area contributed by atoms with Crippen LogP contribution in [0.2, 0.25) is 0 Å². The van der Waals surface area contributed by atoms with Gasteiger partial charge in [-0.25, -0.2) is 0 Å². The van der Waals surface area contributed by atoms with Crippen LogP contribution in [0.4, 0.5) is 17.1 Å². The van der Waals surface area contributed by atoms with E-state index in [1.807, 2.05) is 0 Å². The molecular weight excluding hydrogens is 737 g/mol. The molecule has 0 unspecified atom stereocenters. The van der Waals surface area contributed by atoms with Crippen molar-refractivity contribution in [1.29, 1.82) is 0 Å². The Morgan fingerprint density at radius 2 is 0.689 bits per heavy atom. The van der Waals surface area contributed by atoms with Crippen LogP contribution in [-0.4, -0.2) is 4.57 Å². The first-order valence-corrected chi connectivity index (χ1v) is 21.1. The summed E-state index contributed by atoms with van der Waals surface area (Å²) in [5.74, 6) is 0. The van der Waals surface area contributed by atoms with Gasteiger partial charge in [-0.3, -0.25) is 0 Å². The molecule has 0 atom stereocenters. The highest BCUT2D eigenvalue weighted by atomic mass is 15.2. The lowest BCUT2D eigenvalue weighted by molar-refractivity contribution is 1.09. The monoisotopic (exact) mass is 776 g/mol. The average molecular weight is 777 g/mol. The molecular formula is C59H40N2. The molecule has 2 heterocycles. The summed E-state index contributed by atoms with van der Waals surface area (Å²) in [5.41, 5.74) is 19.6. The summed E-state index contributed by atoms with van der Waals surface area (Å²) in [4.78, 5) is 2.46. The van der Waals surface area contributed by atoms with E-state index in [1.54, 1.807) is 0 Å². The van der Waals surface area contributed by atoms with E-state index in [2.05, 4.69) is 240 Å². The van der Waals surface area contributed by atoms with Crippen LogP contribution < -0.4 is 4.90 Å². The smallest absolute Gasteiger partial charge is 0.0541 e. The van der Waals surface area contributed by atoms with E-state index < -0.39 is 0 Å². The number of nitrogens with zero attached hydrogens (tertiary/aromatic N) is 2. The van der Waals surface area contributed by atoms with Crippen LogP contribution >= 0.6 is 0 Å². The number of aromatic nitrogens is 1. The number of rotatable bonds is 6. The number of anilines is 3. The Morgan fingerprint density at radius 3 is 1.21 bits per heavy atom. The topological polar surface area (TPSA) is 8.17 Å². The van der Waals surface area contributed by atoms with Gasteiger partial charge in [0.15, 0.2) is 0 Å². The molecule has 0 radical (unpaired) electrons. The zero-order valence-corrected chi connectivity index (χ0v) is 33.5. The van der Waals surface area contributed by atoms with Gasteiger partial charge in [0.25, 0.3) is 0 Å². The Morgan fingerprint density at radius 1 is 0.279 bits per heavy atom. The summed E-state index contributed by atoms with van der Waals surface area (Å²) >= 11 is 0. The first-order chi connectivity index (χ1) is 30.2. The summed E-state index contributed by atoms with van der Waals surface area (Å²) in [6.07, 6.45) is 0.860. The van der Waals surface area contributed by atoms with Crippen molar-refractivity contribution in [1.82, 2.24) is 4.57 Å². The highest BCUT2D eigenvalue weighted by Crippen LogP contribution is 2.47. The minimum atomic E-state index is 0.860. The predicted molar refractivity (Wildman–Crippen MR) is 258 cm³/mol. The van der Waals surface area contributed by atoms with Gasteiger partial charge < -0.3 is 9.47 Å². The Labute approximate surface area is 355 Å². The van der Waals surface area contributed by atoms with Crippen LogP contribution in [0.15, 0.2) is 231 Å². The Bertz CT molecular complexity index is 3320. The zero-order chi connectivity index (χ0) is 40.3. The van der Waals surface area contributed by atoms with Gasteiger partial charge in [0, 0.05) is 39.9 Å². The van der Waals surface area contributed by atoms with Gasteiger partial charge in [-0.1, -0.05) is 158 Å². The van der Waals surface area contributed by atoms with Gasteiger partial charge in [-0.2, -0.15) is 0 Å². The molecule has 2 nitrogen and oxygen atoms in total. The van der Waals surface area contributed by atoms with Crippen LogP contribution in [0, 0.1) is 0 Å². The molecule has 0 saturated carbocycles. The van der Waals surface area contributed by atoms with E-state index in [1.165, 1.54) is 105 Å². The summed E-state index contributed by atoms with van der Waals surface area (Å²) < 4.78 is 2.42. The highest BCUT2D eigenvalue weighted by molar-refractivity contribution is 6.11. The summed E-state index contributed by atoms with van der Waals surface area (Å²) in [5, 5.41) is 4.98. The van der Waals surface area contributed by atoms with E-state index in [0.29, 0.717) is 0 Å². The van der Waals surface area contributed by atoms with E-state index in [4.69, 9.17) is 0 Å². The van der Waals surface area contributed by atoms with Gasteiger partial charge in [-0.05, 0) is 139 Å². The summed E-state index contributed by atoms with van der Waals surface area (Å²) in [6, 6.07) is 84.5. The largest absolute Gasteiger partial charge is 0.310 e. The fourth-order valence-corrected chi connectivity index (χ4v) is 9.53. The van der Waals surface area contributed by atoms with E-state index in [-0.39, 0.29) is 0 Å². The van der Waals surface area contributed by atoms with Gasteiger partial charge in [0.2, 0.25) is 0 Å². The van der Waals surface area contributed by atoms with Gasteiger partial charge in [0.1, 0.15) is 0 Å². The third-order valence-electron chi connectivity index (χ3n) is 12.6. The molecule has 1 aliphatic rings. The third-order valence-corrected chi connectivity index (χ3v) is 12.6. The maximum absolute atomic E-state index is 2.46. The second-order valence-electron chi connectivity index (χ2n) is 16.2. The zero-order valence-electron chi connectivity index (χ0n) is 33.5. The van der Waals surface area contributed by atoms with Crippen molar-refractivity contribution in [3.05, 3.63) is 242 Å². The summed E-state index contributed by atoms with van der Waals surface area (Å²) in [6.45, 7) is 0. The number of hydrogen-bond donors (Lipinski definition) is 0. The van der Waals surface area contributed by atoms with E-state index in [0.717, 1.165) is 12.1 Å². The lowest BCUT2D eigenvalue weighted by Crippen LogP contribution is -2.18. The molecule has 61 heavy (non-hydrogen) atoms. The van der Waals surface area contributed by atoms with Crippen molar-refractivity contribution >= 4 is 49.6 Å². The average Bonchev–Trinajstić information content (AvgIpc) is 3.66.